The molecule has 3 rings (SSSR count). The highest BCUT2D eigenvalue weighted by molar-refractivity contribution is 5.78. The number of amides is 1. The predicted octanol–water partition coefficient (Wildman–Crippen LogP) is 2.98. The maximum atomic E-state index is 13.5. The zero-order valence-corrected chi connectivity index (χ0v) is 12.4. The Balaban J connectivity index is 1.65. The van der Waals surface area contributed by atoms with Crippen LogP contribution < -0.4 is 0 Å². The molecule has 2 heterocycles. The van der Waals surface area contributed by atoms with Gasteiger partial charge >= 0.3 is 0 Å². The van der Waals surface area contributed by atoms with E-state index < -0.39 is 0 Å². The smallest absolute Gasteiger partial charge is 0.222 e. The molecule has 2 saturated heterocycles. The largest absolute Gasteiger partial charge is 0.341 e. The number of rotatable bonds is 4. The second kappa shape index (κ2) is 6.56. The SMILES string of the molecule is O=C1CCCN1CCN1CCCCC1c1cccc(F)c1. The number of carbonyl (C=O) groups excluding carboxylic acids is 1. The van der Waals surface area contributed by atoms with Crippen molar-refractivity contribution in [1.82, 2.24) is 9.80 Å². The Morgan fingerprint density at radius 1 is 1.14 bits per heavy atom. The van der Waals surface area contributed by atoms with E-state index in [9.17, 15) is 9.18 Å². The molecule has 0 aromatic heterocycles. The summed E-state index contributed by atoms with van der Waals surface area (Å²) in [5.41, 5.74) is 1.07. The summed E-state index contributed by atoms with van der Waals surface area (Å²) in [7, 11) is 0. The number of piperidine rings is 1. The second-order valence-corrected chi connectivity index (χ2v) is 6.09. The zero-order valence-electron chi connectivity index (χ0n) is 12.4. The number of nitrogens with zero attached hydrogens (tertiary/aromatic N) is 2. The maximum Gasteiger partial charge on any atom is 0.222 e. The third kappa shape index (κ3) is 3.43. The number of benzene rings is 1. The summed E-state index contributed by atoms with van der Waals surface area (Å²) < 4.78 is 13.5. The van der Waals surface area contributed by atoms with Gasteiger partial charge in [-0.15, -0.1) is 0 Å². The van der Waals surface area contributed by atoms with Crippen LogP contribution in [0.4, 0.5) is 4.39 Å². The van der Waals surface area contributed by atoms with Crippen LogP contribution in [0.5, 0.6) is 0 Å². The van der Waals surface area contributed by atoms with Gasteiger partial charge < -0.3 is 4.90 Å². The molecule has 0 radical (unpaired) electrons. The molecule has 1 amide bonds. The lowest BCUT2D eigenvalue weighted by Crippen LogP contribution is -2.40. The quantitative estimate of drug-likeness (QED) is 0.851. The summed E-state index contributed by atoms with van der Waals surface area (Å²) in [6.07, 6.45) is 5.16. The van der Waals surface area contributed by atoms with Gasteiger partial charge in [0.1, 0.15) is 5.82 Å². The first-order valence-electron chi connectivity index (χ1n) is 8.01. The molecule has 1 aromatic rings. The van der Waals surface area contributed by atoms with Gasteiger partial charge in [-0.2, -0.15) is 0 Å². The van der Waals surface area contributed by atoms with E-state index in [2.05, 4.69) is 4.90 Å². The van der Waals surface area contributed by atoms with Crippen molar-refractivity contribution in [3.63, 3.8) is 0 Å². The van der Waals surface area contributed by atoms with Gasteiger partial charge in [0.15, 0.2) is 0 Å². The minimum absolute atomic E-state index is 0.159. The van der Waals surface area contributed by atoms with Gasteiger partial charge in [0.2, 0.25) is 5.91 Å². The van der Waals surface area contributed by atoms with Crippen LogP contribution in [0.15, 0.2) is 24.3 Å². The Morgan fingerprint density at radius 2 is 2.05 bits per heavy atom. The molecular formula is C17H23FN2O. The van der Waals surface area contributed by atoms with Gasteiger partial charge in [0, 0.05) is 32.1 Å². The average Bonchev–Trinajstić information content (AvgIpc) is 2.91. The van der Waals surface area contributed by atoms with Crippen molar-refractivity contribution in [3.05, 3.63) is 35.6 Å². The van der Waals surface area contributed by atoms with E-state index >= 15 is 0 Å². The molecule has 0 bridgehead atoms. The van der Waals surface area contributed by atoms with Gasteiger partial charge in [-0.3, -0.25) is 9.69 Å². The maximum absolute atomic E-state index is 13.5. The fraction of sp³-hybridized carbons (Fsp3) is 0.588. The normalized spacial score (nSPS) is 23.8. The van der Waals surface area contributed by atoms with Crippen LogP contribution >= 0.6 is 0 Å². The average molecular weight is 290 g/mol. The predicted molar refractivity (Wildman–Crippen MR) is 80.4 cm³/mol. The van der Waals surface area contributed by atoms with Crippen molar-refractivity contribution in [1.29, 1.82) is 0 Å². The Kier molecular flexibility index (Phi) is 4.54. The van der Waals surface area contributed by atoms with E-state index in [1.807, 2.05) is 11.0 Å². The molecule has 114 valence electrons. The van der Waals surface area contributed by atoms with E-state index in [0.717, 1.165) is 44.6 Å². The standard InChI is InChI=1S/C17H23FN2O/c18-15-6-3-5-14(13-15)16-7-1-2-9-19(16)11-12-20-10-4-8-17(20)21/h3,5-6,13,16H,1-2,4,7-12H2. The minimum atomic E-state index is -0.159. The number of hydrogen-bond donors (Lipinski definition) is 0. The van der Waals surface area contributed by atoms with Crippen molar-refractivity contribution < 1.29 is 9.18 Å². The molecule has 2 aliphatic heterocycles. The van der Waals surface area contributed by atoms with Crippen LogP contribution in [0.2, 0.25) is 0 Å². The number of carbonyl (C=O) groups is 1. The summed E-state index contributed by atoms with van der Waals surface area (Å²) in [5.74, 6) is 0.127. The van der Waals surface area contributed by atoms with Crippen LogP contribution in [0, 0.1) is 5.82 Å². The van der Waals surface area contributed by atoms with E-state index in [-0.39, 0.29) is 11.7 Å². The molecule has 0 N–H and O–H groups in total. The van der Waals surface area contributed by atoms with Gasteiger partial charge in [0.05, 0.1) is 0 Å². The molecule has 0 spiro atoms. The van der Waals surface area contributed by atoms with Gasteiger partial charge in [-0.05, 0) is 43.5 Å². The number of hydrogen-bond acceptors (Lipinski definition) is 2. The molecule has 3 nitrogen and oxygen atoms in total. The molecule has 0 aliphatic carbocycles. The first-order chi connectivity index (χ1) is 10.2. The highest BCUT2D eigenvalue weighted by atomic mass is 19.1. The number of likely N-dealkylation sites (tertiary alicyclic amines) is 2. The van der Waals surface area contributed by atoms with Crippen LogP contribution in [0.3, 0.4) is 0 Å². The summed E-state index contributed by atoms with van der Waals surface area (Å²) in [4.78, 5) is 16.1. The van der Waals surface area contributed by atoms with Crippen molar-refractivity contribution in [2.24, 2.45) is 0 Å². The third-order valence-corrected chi connectivity index (χ3v) is 4.68. The topological polar surface area (TPSA) is 23.6 Å². The summed E-state index contributed by atoms with van der Waals surface area (Å²) in [5, 5.41) is 0. The van der Waals surface area contributed by atoms with Crippen LogP contribution in [0.25, 0.3) is 0 Å². The summed E-state index contributed by atoms with van der Waals surface area (Å²) in [6, 6.07) is 7.27. The molecule has 2 fully saturated rings. The monoisotopic (exact) mass is 290 g/mol. The summed E-state index contributed by atoms with van der Waals surface area (Å²) >= 11 is 0. The number of halogens is 1. The van der Waals surface area contributed by atoms with Crippen LogP contribution in [0.1, 0.15) is 43.7 Å². The van der Waals surface area contributed by atoms with Gasteiger partial charge in [0.25, 0.3) is 0 Å². The first kappa shape index (κ1) is 14.5. The molecule has 0 saturated carbocycles. The Hall–Kier alpha value is -1.42. The molecule has 1 atom stereocenters. The van der Waals surface area contributed by atoms with E-state index in [0.29, 0.717) is 12.5 Å². The van der Waals surface area contributed by atoms with E-state index in [1.165, 1.54) is 18.9 Å². The van der Waals surface area contributed by atoms with E-state index in [4.69, 9.17) is 0 Å². The molecule has 1 unspecified atom stereocenters. The highest BCUT2D eigenvalue weighted by Gasteiger charge is 2.26. The van der Waals surface area contributed by atoms with Crippen LogP contribution in [-0.4, -0.2) is 41.9 Å². The molecule has 2 aliphatic rings. The minimum Gasteiger partial charge on any atom is -0.341 e. The van der Waals surface area contributed by atoms with Crippen molar-refractivity contribution in [2.45, 2.75) is 38.1 Å². The van der Waals surface area contributed by atoms with Crippen molar-refractivity contribution in [2.75, 3.05) is 26.2 Å². The lowest BCUT2D eigenvalue weighted by atomic mass is 9.95. The highest BCUT2D eigenvalue weighted by Crippen LogP contribution is 2.31. The van der Waals surface area contributed by atoms with E-state index in [1.54, 1.807) is 12.1 Å². The lowest BCUT2D eigenvalue weighted by molar-refractivity contribution is -0.128. The lowest BCUT2D eigenvalue weighted by Gasteiger charge is -2.37. The van der Waals surface area contributed by atoms with Crippen molar-refractivity contribution >= 4 is 5.91 Å². The zero-order chi connectivity index (χ0) is 14.7. The molecule has 1 aromatic carbocycles. The molecule has 4 heteroatoms. The van der Waals surface area contributed by atoms with Gasteiger partial charge in [-0.1, -0.05) is 18.6 Å². The molecular weight excluding hydrogens is 267 g/mol. The Morgan fingerprint density at radius 3 is 2.81 bits per heavy atom. The van der Waals surface area contributed by atoms with Crippen molar-refractivity contribution in [3.8, 4) is 0 Å². The fourth-order valence-corrected chi connectivity index (χ4v) is 3.54. The van der Waals surface area contributed by atoms with Crippen LogP contribution in [-0.2, 0) is 4.79 Å². The Bertz CT molecular complexity index is 505. The first-order valence-corrected chi connectivity index (χ1v) is 8.01. The third-order valence-electron chi connectivity index (χ3n) is 4.68. The van der Waals surface area contributed by atoms with Gasteiger partial charge in [-0.25, -0.2) is 4.39 Å². The second-order valence-electron chi connectivity index (χ2n) is 6.09. The Labute approximate surface area is 125 Å². The summed E-state index contributed by atoms with van der Waals surface area (Å²) in [6.45, 7) is 3.65. The molecule has 21 heavy (non-hydrogen) atoms. The fourth-order valence-electron chi connectivity index (χ4n) is 3.54.